The van der Waals surface area contributed by atoms with Crippen molar-refractivity contribution in [3.05, 3.63) is 71.6 Å². The normalized spacial score (nSPS) is 10.1. The van der Waals surface area contributed by atoms with Gasteiger partial charge in [-0.05, 0) is 5.56 Å². The lowest BCUT2D eigenvalue weighted by atomic mass is 10.2. The number of hydrogen-bond donors (Lipinski definition) is 1. The fourth-order valence-electron chi connectivity index (χ4n) is 1.77. The van der Waals surface area contributed by atoms with E-state index in [0.717, 1.165) is 22.0 Å². The fourth-order valence-corrected chi connectivity index (χ4v) is 2.44. The van der Waals surface area contributed by atoms with Crippen LogP contribution in [0.3, 0.4) is 0 Å². The molecular formula is C18H19N3S. The van der Waals surface area contributed by atoms with E-state index in [-0.39, 0.29) is 0 Å². The molecule has 1 heterocycles. The predicted molar refractivity (Wildman–Crippen MR) is 96.6 cm³/mol. The van der Waals surface area contributed by atoms with Crippen LogP contribution in [-0.2, 0) is 0 Å². The molecule has 0 amide bonds. The summed E-state index contributed by atoms with van der Waals surface area (Å²) in [5.74, 6) is 0. The van der Waals surface area contributed by atoms with Crippen LogP contribution < -0.4 is 5.43 Å². The lowest BCUT2D eigenvalue weighted by molar-refractivity contribution is 1.29. The first-order valence-corrected chi connectivity index (χ1v) is 8.15. The summed E-state index contributed by atoms with van der Waals surface area (Å²) >= 11 is 1.54. The fraction of sp³-hybridized carbons (Fsp3) is 0.111. The first-order valence-electron chi connectivity index (χ1n) is 7.27. The third kappa shape index (κ3) is 4.53. The molecule has 3 aromatic rings. The Morgan fingerprint density at radius 3 is 2.27 bits per heavy atom. The van der Waals surface area contributed by atoms with Crippen LogP contribution >= 0.6 is 11.3 Å². The van der Waals surface area contributed by atoms with Crippen molar-refractivity contribution in [3.63, 3.8) is 0 Å². The van der Waals surface area contributed by atoms with Gasteiger partial charge in [-0.3, -0.25) is 5.43 Å². The van der Waals surface area contributed by atoms with Crippen molar-refractivity contribution < 1.29 is 0 Å². The highest BCUT2D eigenvalue weighted by Crippen LogP contribution is 2.24. The summed E-state index contributed by atoms with van der Waals surface area (Å²) in [6, 6.07) is 20.1. The number of nitrogens with one attached hydrogen (secondary N) is 1. The van der Waals surface area contributed by atoms with Gasteiger partial charge in [-0.1, -0.05) is 74.5 Å². The Kier molecular flexibility index (Phi) is 6.33. The molecule has 0 atom stereocenters. The van der Waals surface area contributed by atoms with E-state index in [1.54, 1.807) is 17.6 Å². The molecule has 112 valence electrons. The molecule has 3 nitrogen and oxygen atoms in total. The van der Waals surface area contributed by atoms with E-state index in [1.807, 2.05) is 79.9 Å². The molecule has 22 heavy (non-hydrogen) atoms. The van der Waals surface area contributed by atoms with Crippen molar-refractivity contribution >= 4 is 22.7 Å². The van der Waals surface area contributed by atoms with Crippen LogP contribution in [-0.4, -0.2) is 11.2 Å². The van der Waals surface area contributed by atoms with Gasteiger partial charge in [0.05, 0.1) is 11.9 Å². The van der Waals surface area contributed by atoms with Crippen LogP contribution in [0.15, 0.2) is 71.1 Å². The van der Waals surface area contributed by atoms with Gasteiger partial charge in [0.25, 0.3) is 0 Å². The Morgan fingerprint density at radius 2 is 1.59 bits per heavy atom. The molecule has 4 heteroatoms. The number of benzene rings is 2. The summed E-state index contributed by atoms with van der Waals surface area (Å²) < 4.78 is 0. The van der Waals surface area contributed by atoms with Gasteiger partial charge in [0.15, 0.2) is 0 Å². The Labute approximate surface area is 135 Å². The molecule has 0 unspecified atom stereocenters. The standard InChI is InChI=1S/C16H13N3S.C2H6/c1-3-7-13(8-4-1)11-17-19-16-18-15(12-20-16)14-9-5-2-6-10-14;1-2/h1-12H,(H,18,19);1-2H3/b17-11+;. The molecule has 0 aliphatic carbocycles. The molecule has 0 aliphatic rings. The first-order chi connectivity index (χ1) is 10.9. The molecular weight excluding hydrogens is 290 g/mol. The van der Waals surface area contributed by atoms with E-state index in [1.165, 1.54) is 0 Å². The van der Waals surface area contributed by atoms with Crippen LogP contribution in [0.4, 0.5) is 5.13 Å². The minimum atomic E-state index is 0.788. The number of nitrogens with zero attached hydrogens (tertiary/aromatic N) is 2. The molecule has 0 spiro atoms. The minimum absolute atomic E-state index is 0.788. The van der Waals surface area contributed by atoms with Gasteiger partial charge in [-0.25, -0.2) is 4.98 Å². The number of aromatic nitrogens is 1. The second-order valence-electron chi connectivity index (χ2n) is 4.18. The van der Waals surface area contributed by atoms with Crippen LogP contribution in [0.25, 0.3) is 11.3 Å². The number of rotatable bonds is 4. The largest absolute Gasteiger partial charge is 0.253 e. The summed E-state index contributed by atoms with van der Waals surface area (Å²) in [4.78, 5) is 4.51. The van der Waals surface area contributed by atoms with Crippen LogP contribution in [0, 0.1) is 0 Å². The van der Waals surface area contributed by atoms with Crippen molar-refractivity contribution in [1.82, 2.24) is 4.98 Å². The monoisotopic (exact) mass is 309 g/mol. The van der Waals surface area contributed by atoms with Crippen LogP contribution in [0.5, 0.6) is 0 Å². The number of hydrazone groups is 1. The zero-order chi connectivity index (χ0) is 15.6. The molecule has 0 aliphatic heterocycles. The van der Waals surface area contributed by atoms with E-state index in [0.29, 0.717) is 0 Å². The lowest BCUT2D eigenvalue weighted by Gasteiger charge is -1.95. The molecule has 0 saturated carbocycles. The molecule has 0 bridgehead atoms. The van der Waals surface area contributed by atoms with Gasteiger partial charge in [-0.2, -0.15) is 5.10 Å². The molecule has 2 aromatic carbocycles. The maximum atomic E-state index is 4.51. The highest BCUT2D eigenvalue weighted by Gasteiger charge is 2.02. The number of thiazole rings is 1. The second-order valence-corrected chi connectivity index (χ2v) is 5.04. The molecule has 1 aromatic heterocycles. The summed E-state index contributed by atoms with van der Waals surface area (Å²) in [7, 11) is 0. The minimum Gasteiger partial charge on any atom is -0.253 e. The number of anilines is 1. The van der Waals surface area contributed by atoms with Gasteiger partial charge < -0.3 is 0 Å². The molecule has 0 saturated heterocycles. The zero-order valence-electron chi connectivity index (χ0n) is 12.7. The third-order valence-corrected chi connectivity index (χ3v) is 3.49. The van der Waals surface area contributed by atoms with Crippen LogP contribution in [0.1, 0.15) is 19.4 Å². The van der Waals surface area contributed by atoms with E-state index >= 15 is 0 Å². The highest BCUT2D eigenvalue weighted by atomic mass is 32.1. The van der Waals surface area contributed by atoms with Crippen molar-refractivity contribution in [1.29, 1.82) is 0 Å². The third-order valence-electron chi connectivity index (χ3n) is 2.75. The van der Waals surface area contributed by atoms with Crippen molar-refractivity contribution in [2.24, 2.45) is 5.10 Å². The molecule has 0 radical (unpaired) electrons. The zero-order valence-corrected chi connectivity index (χ0v) is 13.5. The summed E-state index contributed by atoms with van der Waals surface area (Å²) in [6.07, 6.45) is 1.78. The van der Waals surface area contributed by atoms with E-state index in [4.69, 9.17) is 0 Å². The van der Waals surface area contributed by atoms with Gasteiger partial charge in [0.1, 0.15) is 0 Å². The van der Waals surface area contributed by atoms with Gasteiger partial charge >= 0.3 is 0 Å². The lowest BCUT2D eigenvalue weighted by Crippen LogP contribution is -1.89. The maximum Gasteiger partial charge on any atom is 0.203 e. The Balaban J connectivity index is 0.000000847. The predicted octanol–water partition coefficient (Wildman–Crippen LogP) is 5.28. The van der Waals surface area contributed by atoms with Crippen LogP contribution in [0.2, 0.25) is 0 Å². The van der Waals surface area contributed by atoms with Gasteiger partial charge in [0, 0.05) is 10.9 Å². The van der Waals surface area contributed by atoms with E-state index < -0.39 is 0 Å². The average Bonchev–Trinajstić information content (AvgIpc) is 3.07. The summed E-state index contributed by atoms with van der Waals surface area (Å²) in [5, 5.41) is 7.00. The smallest absolute Gasteiger partial charge is 0.203 e. The summed E-state index contributed by atoms with van der Waals surface area (Å²) in [5.41, 5.74) is 6.10. The quantitative estimate of drug-likeness (QED) is 0.525. The number of hydrogen-bond acceptors (Lipinski definition) is 4. The van der Waals surface area contributed by atoms with Crippen molar-refractivity contribution in [2.75, 3.05) is 5.43 Å². The molecule has 3 rings (SSSR count). The maximum absolute atomic E-state index is 4.51. The van der Waals surface area contributed by atoms with Crippen molar-refractivity contribution in [3.8, 4) is 11.3 Å². The topological polar surface area (TPSA) is 37.3 Å². The van der Waals surface area contributed by atoms with Gasteiger partial charge in [0.2, 0.25) is 5.13 Å². The Hall–Kier alpha value is -2.46. The SMILES string of the molecule is C(=N\Nc1nc(-c2ccccc2)cs1)/c1ccccc1.CC. The van der Waals surface area contributed by atoms with Crippen molar-refractivity contribution in [2.45, 2.75) is 13.8 Å². The first kappa shape index (κ1) is 15.9. The highest BCUT2D eigenvalue weighted by molar-refractivity contribution is 7.14. The van der Waals surface area contributed by atoms with Gasteiger partial charge in [-0.15, -0.1) is 11.3 Å². The molecule has 1 N–H and O–H groups in total. The second kappa shape index (κ2) is 8.74. The Morgan fingerprint density at radius 1 is 0.955 bits per heavy atom. The summed E-state index contributed by atoms with van der Waals surface area (Å²) in [6.45, 7) is 4.00. The average molecular weight is 309 g/mol. The Bertz CT molecular complexity index is 691. The van der Waals surface area contributed by atoms with E-state index in [2.05, 4.69) is 15.5 Å². The molecule has 0 fully saturated rings. The van der Waals surface area contributed by atoms with E-state index in [9.17, 15) is 0 Å².